The molecule has 1 aromatic heterocycles. The van der Waals surface area contributed by atoms with Crippen molar-refractivity contribution in [3.8, 4) is 6.07 Å². The topological polar surface area (TPSA) is 48.7 Å². The van der Waals surface area contributed by atoms with Crippen LogP contribution >= 0.6 is 11.6 Å². The Morgan fingerprint density at radius 2 is 2.42 bits per heavy atom. The molecule has 0 spiro atoms. The molecule has 3 nitrogen and oxygen atoms in total. The quantitative estimate of drug-likeness (QED) is 0.760. The number of nitriles is 1. The summed E-state index contributed by atoms with van der Waals surface area (Å²) in [7, 11) is 0. The second-order valence-electron chi connectivity index (χ2n) is 2.19. The molecule has 0 amide bonds. The molecule has 1 aromatic rings. The maximum atomic E-state index is 8.72. The Labute approximate surface area is 76.0 Å². The van der Waals surface area contributed by atoms with E-state index < -0.39 is 0 Å². The van der Waals surface area contributed by atoms with Gasteiger partial charge in [0.05, 0.1) is 22.5 Å². The van der Waals surface area contributed by atoms with Crippen LogP contribution in [0.3, 0.4) is 0 Å². The highest BCUT2D eigenvalue weighted by Gasteiger charge is 2.04. The van der Waals surface area contributed by atoms with Crippen LogP contribution in [0.5, 0.6) is 0 Å². The van der Waals surface area contributed by atoms with Gasteiger partial charge in [-0.1, -0.05) is 11.6 Å². The fourth-order valence-corrected chi connectivity index (χ4v) is 1.07. The molecule has 1 rings (SSSR count). The summed E-state index contributed by atoms with van der Waals surface area (Å²) in [6.45, 7) is 2.69. The fourth-order valence-electron chi connectivity index (χ4n) is 0.873. The molecule has 0 aliphatic rings. The van der Waals surface area contributed by atoms with Crippen molar-refractivity contribution in [1.29, 1.82) is 5.26 Å². The first-order valence-corrected chi connectivity index (χ1v) is 3.94. The molecule has 0 aliphatic heterocycles. The van der Waals surface area contributed by atoms with Crippen molar-refractivity contribution in [2.45, 2.75) is 6.92 Å². The average Bonchev–Trinajstić information content (AvgIpc) is 2.05. The van der Waals surface area contributed by atoms with Crippen molar-refractivity contribution in [2.75, 3.05) is 11.9 Å². The lowest BCUT2D eigenvalue weighted by Gasteiger charge is -2.04. The van der Waals surface area contributed by atoms with Crippen LogP contribution in [0.15, 0.2) is 12.4 Å². The lowest BCUT2D eigenvalue weighted by atomic mass is 10.2. The number of hydrogen-bond donors (Lipinski definition) is 1. The van der Waals surface area contributed by atoms with Crippen molar-refractivity contribution in [3.63, 3.8) is 0 Å². The number of pyridine rings is 1. The third kappa shape index (κ3) is 1.66. The van der Waals surface area contributed by atoms with Gasteiger partial charge in [0.1, 0.15) is 6.07 Å². The highest BCUT2D eigenvalue weighted by atomic mass is 35.5. The molecule has 62 valence electrons. The Balaban J connectivity index is 3.11. The summed E-state index contributed by atoms with van der Waals surface area (Å²) in [5, 5.41) is 12.1. The highest BCUT2D eigenvalue weighted by Crippen LogP contribution is 2.21. The number of anilines is 1. The van der Waals surface area contributed by atoms with Gasteiger partial charge in [-0.2, -0.15) is 5.26 Å². The highest BCUT2D eigenvalue weighted by molar-refractivity contribution is 6.32. The number of rotatable bonds is 2. The van der Waals surface area contributed by atoms with Crippen LogP contribution in [0.4, 0.5) is 5.69 Å². The normalized spacial score (nSPS) is 9.08. The predicted molar refractivity (Wildman–Crippen MR) is 48.1 cm³/mol. The van der Waals surface area contributed by atoms with Crippen molar-refractivity contribution >= 4 is 17.3 Å². The molecule has 12 heavy (non-hydrogen) atoms. The molecule has 0 atom stereocenters. The van der Waals surface area contributed by atoms with Gasteiger partial charge >= 0.3 is 0 Å². The zero-order chi connectivity index (χ0) is 8.97. The van der Waals surface area contributed by atoms with Gasteiger partial charge in [0.2, 0.25) is 0 Å². The molecule has 0 unspecified atom stereocenters. The molecule has 4 heteroatoms. The Morgan fingerprint density at radius 1 is 1.67 bits per heavy atom. The SMILES string of the molecule is CCNc1cncc(Cl)c1C#N. The van der Waals surface area contributed by atoms with Crippen molar-refractivity contribution in [3.05, 3.63) is 23.0 Å². The molecule has 1 heterocycles. The first-order chi connectivity index (χ1) is 5.79. The number of halogens is 1. The maximum absolute atomic E-state index is 8.72. The number of nitrogens with one attached hydrogen (secondary N) is 1. The summed E-state index contributed by atoms with van der Waals surface area (Å²) in [5.74, 6) is 0. The monoisotopic (exact) mass is 181 g/mol. The number of aromatic nitrogens is 1. The van der Waals surface area contributed by atoms with E-state index in [4.69, 9.17) is 16.9 Å². The van der Waals surface area contributed by atoms with Crippen LogP contribution in [0.2, 0.25) is 5.02 Å². The van der Waals surface area contributed by atoms with Gasteiger partial charge in [-0.05, 0) is 6.92 Å². The zero-order valence-electron chi connectivity index (χ0n) is 6.63. The van der Waals surface area contributed by atoms with Gasteiger partial charge in [0.15, 0.2) is 0 Å². The van der Waals surface area contributed by atoms with Gasteiger partial charge in [0, 0.05) is 12.7 Å². The lowest BCUT2D eigenvalue weighted by molar-refractivity contribution is 1.18. The second kappa shape index (κ2) is 3.93. The first kappa shape index (κ1) is 8.82. The molecule has 0 bridgehead atoms. The van der Waals surface area contributed by atoms with Crippen LogP contribution in [-0.4, -0.2) is 11.5 Å². The van der Waals surface area contributed by atoms with E-state index in [-0.39, 0.29) is 0 Å². The van der Waals surface area contributed by atoms with E-state index in [1.54, 1.807) is 6.20 Å². The largest absolute Gasteiger partial charge is 0.383 e. The molecule has 1 N–H and O–H groups in total. The Kier molecular flexibility index (Phi) is 2.89. The summed E-state index contributed by atoms with van der Waals surface area (Å²) in [4.78, 5) is 3.87. The van der Waals surface area contributed by atoms with Crippen molar-refractivity contribution in [2.24, 2.45) is 0 Å². The van der Waals surface area contributed by atoms with Gasteiger partial charge in [-0.3, -0.25) is 4.98 Å². The molecule has 0 radical (unpaired) electrons. The number of hydrogen-bond acceptors (Lipinski definition) is 3. The maximum Gasteiger partial charge on any atom is 0.103 e. The Hall–Kier alpha value is -1.27. The fraction of sp³-hybridized carbons (Fsp3) is 0.250. The summed E-state index contributed by atoms with van der Waals surface area (Å²) < 4.78 is 0. The first-order valence-electron chi connectivity index (χ1n) is 3.57. The average molecular weight is 182 g/mol. The van der Waals surface area contributed by atoms with E-state index in [0.717, 1.165) is 6.54 Å². The Morgan fingerprint density at radius 3 is 3.00 bits per heavy atom. The molecule has 0 aromatic carbocycles. The van der Waals surface area contributed by atoms with E-state index in [0.29, 0.717) is 16.3 Å². The number of nitrogens with zero attached hydrogens (tertiary/aromatic N) is 2. The van der Waals surface area contributed by atoms with Crippen LogP contribution in [-0.2, 0) is 0 Å². The summed E-state index contributed by atoms with van der Waals surface area (Å²) in [5.41, 5.74) is 1.14. The smallest absolute Gasteiger partial charge is 0.103 e. The summed E-state index contributed by atoms with van der Waals surface area (Å²) in [6.07, 6.45) is 3.05. The van der Waals surface area contributed by atoms with Crippen LogP contribution in [0.1, 0.15) is 12.5 Å². The van der Waals surface area contributed by atoms with Gasteiger partial charge in [-0.15, -0.1) is 0 Å². The van der Waals surface area contributed by atoms with Gasteiger partial charge in [-0.25, -0.2) is 0 Å². The third-order valence-electron chi connectivity index (χ3n) is 1.38. The summed E-state index contributed by atoms with van der Waals surface area (Å²) >= 11 is 5.74. The minimum absolute atomic E-state index is 0.385. The van der Waals surface area contributed by atoms with Crippen LogP contribution < -0.4 is 5.32 Å². The lowest BCUT2D eigenvalue weighted by Crippen LogP contribution is -1.99. The molecular weight excluding hydrogens is 174 g/mol. The molecular formula is C8H8ClN3. The Bertz CT molecular complexity index is 317. The second-order valence-corrected chi connectivity index (χ2v) is 2.59. The van der Waals surface area contributed by atoms with Crippen LogP contribution in [0.25, 0.3) is 0 Å². The van der Waals surface area contributed by atoms with Crippen molar-refractivity contribution < 1.29 is 0 Å². The van der Waals surface area contributed by atoms with Crippen LogP contribution in [0, 0.1) is 11.3 Å². The van der Waals surface area contributed by atoms with E-state index >= 15 is 0 Å². The molecule has 0 fully saturated rings. The van der Waals surface area contributed by atoms with E-state index in [2.05, 4.69) is 10.3 Å². The van der Waals surface area contributed by atoms with E-state index in [1.165, 1.54) is 6.20 Å². The van der Waals surface area contributed by atoms with E-state index in [1.807, 2.05) is 13.0 Å². The third-order valence-corrected chi connectivity index (χ3v) is 1.67. The minimum Gasteiger partial charge on any atom is -0.383 e. The van der Waals surface area contributed by atoms with Gasteiger partial charge < -0.3 is 5.32 Å². The molecule has 0 saturated heterocycles. The van der Waals surface area contributed by atoms with Gasteiger partial charge in [0.25, 0.3) is 0 Å². The minimum atomic E-state index is 0.385. The molecule has 0 aliphatic carbocycles. The molecule has 0 saturated carbocycles. The zero-order valence-corrected chi connectivity index (χ0v) is 7.39. The predicted octanol–water partition coefficient (Wildman–Crippen LogP) is 2.04. The van der Waals surface area contributed by atoms with E-state index in [9.17, 15) is 0 Å². The van der Waals surface area contributed by atoms with Crippen molar-refractivity contribution in [1.82, 2.24) is 4.98 Å². The standard InChI is InChI=1S/C8H8ClN3/c1-2-12-8-5-11-4-7(9)6(8)3-10/h4-5,12H,2H2,1H3. The summed E-state index contributed by atoms with van der Waals surface area (Å²) in [6, 6.07) is 2.01.